The lowest BCUT2D eigenvalue weighted by Gasteiger charge is -2.17. The molecular formula is C20H34. The second kappa shape index (κ2) is 9.21. The van der Waals surface area contributed by atoms with Gasteiger partial charge in [-0.15, -0.1) is 0 Å². The van der Waals surface area contributed by atoms with Gasteiger partial charge in [-0.1, -0.05) is 48.8 Å². The van der Waals surface area contributed by atoms with Crippen LogP contribution in [0.15, 0.2) is 35.5 Å². The van der Waals surface area contributed by atoms with Crippen molar-refractivity contribution in [1.82, 2.24) is 0 Å². The van der Waals surface area contributed by atoms with Gasteiger partial charge in [0.2, 0.25) is 0 Å². The molecule has 0 saturated heterocycles. The predicted molar refractivity (Wildman–Crippen MR) is 91.9 cm³/mol. The predicted octanol–water partition coefficient (Wildman–Crippen LogP) is 6.84. The van der Waals surface area contributed by atoms with Crippen molar-refractivity contribution in [1.29, 1.82) is 0 Å². The molecule has 0 aliphatic heterocycles. The molecule has 0 N–H and O–H groups in total. The number of allylic oxidation sites excluding steroid dienone is 5. The molecule has 0 radical (unpaired) electrons. The summed E-state index contributed by atoms with van der Waals surface area (Å²) in [7, 11) is 0. The van der Waals surface area contributed by atoms with Crippen LogP contribution in [-0.4, -0.2) is 0 Å². The zero-order valence-electron chi connectivity index (χ0n) is 14.2. The van der Waals surface area contributed by atoms with E-state index < -0.39 is 0 Å². The first kappa shape index (κ1) is 17.3. The number of hydrogen-bond acceptors (Lipinski definition) is 0. The van der Waals surface area contributed by atoms with Crippen LogP contribution in [0.3, 0.4) is 0 Å². The zero-order valence-corrected chi connectivity index (χ0v) is 14.2. The third kappa shape index (κ3) is 7.12. The summed E-state index contributed by atoms with van der Waals surface area (Å²) < 4.78 is 0. The van der Waals surface area contributed by atoms with E-state index in [0.29, 0.717) is 5.92 Å². The summed E-state index contributed by atoms with van der Waals surface area (Å²) in [6.45, 7) is 13.4. The highest BCUT2D eigenvalue weighted by molar-refractivity contribution is 5.07. The fourth-order valence-corrected chi connectivity index (χ4v) is 3.00. The van der Waals surface area contributed by atoms with Crippen molar-refractivity contribution >= 4 is 0 Å². The van der Waals surface area contributed by atoms with Gasteiger partial charge in [0.15, 0.2) is 0 Å². The van der Waals surface area contributed by atoms with Crippen molar-refractivity contribution in [2.24, 2.45) is 11.8 Å². The Morgan fingerprint density at radius 1 is 1.05 bits per heavy atom. The summed E-state index contributed by atoms with van der Waals surface area (Å²) >= 11 is 0. The van der Waals surface area contributed by atoms with Crippen LogP contribution >= 0.6 is 0 Å². The SMILES string of the molecule is C=C(C)C1C/C=C(\C)CCC[C@@H](C)CC/C=C(\C)CC1. The van der Waals surface area contributed by atoms with Crippen molar-refractivity contribution in [3.05, 3.63) is 35.5 Å². The fraction of sp³-hybridized carbons (Fsp3) is 0.700. The third-order valence-corrected chi connectivity index (χ3v) is 4.76. The lowest BCUT2D eigenvalue weighted by atomic mass is 9.89. The van der Waals surface area contributed by atoms with E-state index in [0.717, 1.165) is 5.92 Å². The fourth-order valence-electron chi connectivity index (χ4n) is 3.00. The maximum absolute atomic E-state index is 4.19. The summed E-state index contributed by atoms with van der Waals surface area (Å²) in [6.07, 6.45) is 15.2. The molecule has 114 valence electrons. The smallest absolute Gasteiger partial charge is 0.0171 e. The van der Waals surface area contributed by atoms with Crippen LogP contribution in [0.25, 0.3) is 0 Å². The molecule has 20 heavy (non-hydrogen) atoms. The monoisotopic (exact) mass is 274 g/mol. The highest BCUT2D eigenvalue weighted by Gasteiger charge is 2.09. The maximum Gasteiger partial charge on any atom is -0.0171 e. The molecule has 0 bridgehead atoms. The molecule has 0 aromatic heterocycles. The Morgan fingerprint density at radius 2 is 1.75 bits per heavy atom. The highest BCUT2D eigenvalue weighted by atomic mass is 14.1. The molecule has 0 aromatic rings. The molecule has 1 aliphatic carbocycles. The van der Waals surface area contributed by atoms with Crippen LogP contribution in [-0.2, 0) is 0 Å². The first-order chi connectivity index (χ1) is 9.49. The van der Waals surface area contributed by atoms with Crippen LogP contribution < -0.4 is 0 Å². The minimum Gasteiger partial charge on any atom is -0.0998 e. The maximum atomic E-state index is 4.19. The lowest BCUT2D eigenvalue weighted by molar-refractivity contribution is 0.476. The summed E-state index contributed by atoms with van der Waals surface area (Å²) in [6, 6.07) is 0. The lowest BCUT2D eigenvalue weighted by Crippen LogP contribution is -2.02. The van der Waals surface area contributed by atoms with Gasteiger partial charge in [-0.05, 0) is 77.6 Å². The summed E-state index contributed by atoms with van der Waals surface area (Å²) in [5.41, 5.74) is 4.50. The first-order valence-corrected chi connectivity index (χ1v) is 8.45. The van der Waals surface area contributed by atoms with E-state index in [1.165, 1.54) is 56.9 Å². The Hall–Kier alpha value is -0.780. The van der Waals surface area contributed by atoms with Gasteiger partial charge in [0.25, 0.3) is 0 Å². The highest BCUT2D eigenvalue weighted by Crippen LogP contribution is 2.25. The third-order valence-electron chi connectivity index (χ3n) is 4.76. The van der Waals surface area contributed by atoms with Crippen LogP contribution in [0.2, 0.25) is 0 Å². The van der Waals surface area contributed by atoms with Gasteiger partial charge in [0.1, 0.15) is 0 Å². The van der Waals surface area contributed by atoms with E-state index in [1.54, 1.807) is 11.1 Å². The normalized spacial score (nSPS) is 32.4. The van der Waals surface area contributed by atoms with E-state index in [4.69, 9.17) is 0 Å². The van der Waals surface area contributed by atoms with Gasteiger partial charge in [0, 0.05) is 0 Å². The minimum atomic E-state index is 0.662. The van der Waals surface area contributed by atoms with E-state index >= 15 is 0 Å². The molecule has 0 saturated carbocycles. The number of hydrogen-bond donors (Lipinski definition) is 0. The van der Waals surface area contributed by atoms with Gasteiger partial charge in [-0.25, -0.2) is 0 Å². The number of rotatable bonds is 1. The first-order valence-electron chi connectivity index (χ1n) is 8.45. The standard InChI is InChI=1S/C20H34/c1-16(2)20-14-12-18(4)10-6-8-17(3)9-7-11-19(5)13-15-20/h10,13,17,20H,1,6-9,11-12,14-15H2,2-5H3/b18-10+,19-13+/t17-,20?/m0/s1. The molecule has 0 heterocycles. The topological polar surface area (TPSA) is 0 Å². The Kier molecular flexibility index (Phi) is 7.95. The average molecular weight is 274 g/mol. The Morgan fingerprint density at radius 3 is 2.45 bits per heavy atom. The summed E-state index contributed by atoms with van der Waals surface area (Å²) in [5.74, 6) is 1.54. The van der Waals surface area contributed by atoms with Gasteiger partial charge < -0.3 is 0 Å². The Labute approximate surface area is 127 Å². The second-order valence-corrected chi connectivity index (χ2v) is 6.99. The quantitative estimate of drug-likeness (QED) is 0.459. The van der Waals surface area contributed by atoms with Gasteiger partial charge in [0.05, 0.1) is 0 Å². The molecule has 0 nitrogen and oxygen atoms in total. The van der Waals surface area contributed by atoms with Gasteiger partial charge in [-0.3, -0.25) is 0 Å². The van der Waals surface area contributed by atoms with Gasteiger partial charge >= 0.3 is 0 Å². The molecule has 0 spiro atoms. The van der Waals surface area contributed by atoms with E-state index in [2.05, 4.69) is 46.4 Å². The van der Waals surface area contributed by atoms with Crippen LogP contribution in [0.4, 0.5) is 0 Å². The van der Waals surface area contributed by atoms with Crippen LogP contribution in [0.1, 0.15) is 79.1 Å². The van der Waals surface area contributed by atoms with Gasteiger partial charge in [-0.2, -0.15) is 0 Å². The van der Waals surface area contributed by atoms with E-state index in [1.807, 2.05) is 0 Å². The van der Waals surface area contributed by atoms with E-state index in [-0.39, 0.29) is 0 Å². The molecule has 1 unspecified atom stereocenters. The van der Waals surface area contributed by atoms with Crippen molar-refractivity contribution in [3.63, 3.8) is 0 Å². The molecule has 1 rings (SSSR count). The van der Waals surface area contributed by atoms with Crippen molar-refractivity contribution in [2.45, 2.75) is 79.1 Å². The molecule has 0 amide bonds. The Balaban J connectivity index is 2.69. The van der Waals surface area contributed by atoms with Crippen LogP contribution in [0, 0.1) is 11.8 Å². The Bertz CT molecular complexity index is 356. The van der Waals surface area contributed by atoms with Crippen molar-refractivity contribution in [2.75, 3.05) is 0 Å². The average Bonchev–Trinajstić information content (AvgIpc) is 2.37. The minimum absolute atomic E-state index is 0.662. The molecule has 0 fully saturated rings. The molecule has 0 heteroatoms. The largest absolute Gasteiger partial charge is 0.0998 e. The van der Waals surface area contributed by atoms with E-state index in [9.17, 15) is 0 Å². The summed E-state index contributed by atoms with van der Waals surface area (Å²) in [5, 5.41) is 0. The van der Waals surface area contributed by atoms with Crippen molar-refractivity contribution < 1.29 is 0 Å². The molecular weight excluding hydrogens is 240 g/mol. The molecule has 2 atom stereocenters. The molecule has 0 aromatic carbocycles. The zero-order chi connectivity index (χ0) is 15.0. The van der Waals surface area contributed by atoms with Crippen LogP contribution in [0.5, 0.6) is 0 Å². The van der Waals surface area contributed by atoms with Crippen molar-refractivity contribution in [3.8, 4) is 0 Å². The molecule has 1 aliphatic rings. The summed E-state index contributed by atoms with van der Waals surface area (Å²) in [4.78, 5) is 0. The second-order valence-electron chi connectivity index (χ2n) is 6.99.